The Bertz CT molecular complexity index is 397. The monoisotopic (exact) mass is 328 g/mol. The SMILES string of the molecule is CCCOC1C(Br)CC1Oc1ccccc1OCC. The van der Waals surface area contributed by atoms with Gasteiger partial charge in [0.2, 0.25) is 0 Å². The number of ether oxygens (including phenoxy) is 3. The average Bonchev–Trinajstić information content (AvgIpc) is 2.41. The predicted molar refractivity (Wildman–Crippen MR) is 79.4 cm³/mol. The van der Waals surface area contributed by atoms with Crippen molar-refractivity contribution in [3.63, 3.8) is 0 Å². The number of hydrogen-bond donors (Lipinski definition) is 0. The van der Waals surface area contributed by atoms with Crippen LogP contribution in [0.5, 0.6) is 11.5 Å². The summed E-state index contributed by atoms with van der Waals surface area (Å²) in [5.74, 6) is 1.61. The second kappa shape index (κ2) is 7.15. The van der Waals surface area contributed by atoms with Crippen LogP contribution in [0.4, 0.5) is 0 Å². The lowest BCUT2D eigenvalue weighted by molar-refractivity contribution is -0.0768. The maximum atomic E-state index is 6.03. The molecule has 0 spiro atoms. The van der Waals surface area contributed by atoms with Crippen LogP contribution in [-0.4, -0.2) is 30.2 Å². The molecule has 1 aliphatic rings. The lowest BCUT2D eigenvalue weighted by atomic mass is 9.91. The zero-order chi connectivity index (χ0) is 13.7. The van der Waals surface area contributed by atoms with E-state index in [9.17, 15) is 0 Å². The molecule has 4 heteroatoms. The lowest BCUT2D eigenvalue weighted by Gasteiger charge is -2.41. The molecule has 3 unspecified atom stereocenters. The van der Waals surface area contributed by atoms with Crippen LogP contribution in [0.3, 0.4) is 0 Å². The number of benzene rings is 1. The highest BCUT2D eigenvalue weighted by molar-refractivity contribution is 9.09. The second-order valence-corrected chi connectivity index (χ2v) is 5.80. The van der Waals surface area contributed by atoms with Crippen LogP contribution >= 0.6 is 15.9 Å². The van der Waals surface area contributed by atoms with Gasteiger partial charge in [-0.15, -0.1) is 0 Å². The maximum absolute atomic E-state index is 6.03. The third kappa shape index (κ3) is 3.63. The Morgan fingerprint density at radius 1 is 1.21 bits per heavy atom. The van der Waals surface area contributed by atoms with E-state index < -0.39 is 0 Å². The molecule has 0 aromatic heterocycles. The average molecular weight is 329 g/mol. The lowest BCUT2D eigenvalue weighted by Crippen LogP contribution is -2.52. The van der Waals surface area contributed by atoms with Crippen LogP contribution in [0.1, 0.15) is 26.7 Å². The van der Waals surface area contributed by atoms with Gasteiger partial charge in [-0.05, 0) is 25.5 Å². The number of alkyl halides is 1. The summed E-state index contributed by atoms with van der Waals surface area (Å²) in [7, 11) is 0. The standard InChI is InChI=1S/C15H21BrO3/c1-3-9-18-15-11(16)10-14(15)19-13-8-6-5-7-12(13)17-4-2/h5-8,11,14-15H,3-4,9-10H2,1-2H3. The van der Waals surface area contributed by atoms with Gasteiger partial charge >= 0.3 is 0 Å². The molecule has 0 bridgehead atoms. The van der Waals surface area contributed by atoms with Crippen LogP contribution < -0.4 is 9.47 Å². The molecular formula is C15H21BrO3. The second-order valence-electron chi connectivity index (χ2n) is 4.62. The molecule has 0 radical (unpaired) electrons. The normalized spacial score (nSPS) is 25.7. The van der Waals surface area contributed by atoms with E-state index in [4.69, 9.17) is 14.2 Å². The van der Waals surface area contributed by atoms with Crippen molar-refractivity contribution in [3.05, 3.63) is 24.3 Å². The van der Waals surface area contributed by atoms with E-state index in [2.05, 4.69) is 22.9 Å². The van der Waals surface area contributed by atoms with E-state index in [1.165, 1.54) is 0 Å². The summed E-state index contributed by atoms with van der Waals surface area (Å²) < 4.78 is 17.4. The van der Waals surface area contributed by atoms with Gasteiger partial charge in [0.1, 0.15) is 12.2 Å². The maximum Gasteiger partial charge on any atom is 0.161 e. The van der Waals surface area contributed by atoms with Gasteiger partial charge in [0.25, 0.3) is 0 Å². The molecule has 0 aliphatic heterocycles. The van der Waals surface area contributed by atoms with E-state index in [1.54, 1.807) is 0 Å². The first kappa shape index (κ1) is 14.7. The van der Waals surface area contributed by atoms with Crippen molar-refractivity contribution in [3.8, 4) is 11.5 Å². The quantitative estimate of drug-likeness (QED) is 0.712. The van der Waals surface area contributed by atoms with E-state index in [0.717, 1.165) is 30.9 Å². The van der Waals surface area contributed by atoms with Crippen molar-refractivity contribution in [1.29, 1.82) is 0 Å². The van der Waals surface area contributed by atoms with Crippen LogP contribution in [0.25, 0.3) is 0 Å². The van der Waals surface area contributed by atoms with Crippen molar-refractivity contribution in [2.45, 2.75) is 43.7 Å². The molecular weight excluding hydrogens is 308 g/mol. The first-order chi connectivity index (χ1) is 9.26. The van der Waals surface area contributed by atoms with Crippen molar-refractivity contribution in [2.24, 2.45) is 0 Å². The van der Waals surface area contributed by atoms with Gasteiger partial charge in [0.15, 0.2) is 11.5 Å². The van der Waals surface area contributed by atoms with Crippen LogP contribution in [0, 0.1) is 0 Å². The fourth-order valence-electron chi connectivity index (χ4n) is 2.09. The van der Waals surface area contributed by atoms with Gasteiger partial charge in [0, 0.05) is 17.9 Å². The van der Waals surface area contributed by atoms with Crippen LogP contribution in [0.15, 0.2) is 24.3 Å². The Hall–Kier alpha value is -0.740. The van der Waals surface area contributed by atoms with Crippen molar-refractivity contribution in [2.75, 3.05) is 13.2 Å². The van der Waals surface area contributed by atoms with Crippen molar-refractivity contribution in [1.82, 2.24) is 0 Å². The largest absolute Gasteiger partial charge is 0.490 e. The summed E-state index contributed by atoms with van der Waals surface area (Å²) in [6, 6.07) is 7.80. The zero-order valence-electron chi connectivity index (χ0n) is 11.5. The molecule has 3 nitrogen and oxygen atoms in total. The molecule has 1 aliphatic carbocycles. The molecule has 0 heterocycles. The molecule has 1 aromatic carbocycles. The van der Waals surface area contributed by atoms with Crippen molar-refractivity contribution >= 4 is 15.9 Å². The van der Waals surface area contributed by atoms with E-state index in [-0.39, 0.29) is 12.2 Å². The van der Waals surface area contributed by atoms with E-state index in [0.29, 0.717) is 11.4 Å². The van der Waals surface area contributed by atoms with Gasteiger partial charge in [-0.3, -0.25) is 0 Å². The molecule has 3 atom stereocenters. The minimum atomic E-state index is 0.109. The summed E-state index contributed by atoms with van der Waals surface area (Å²) in [5, 5.41) is 0. The number of rotatable bonds is 7. The molecule has 0 saturated heterocycles. The summed E-state index contributed by atoms with van der Waals surface area (Å²) >= 11 is 3.62. The molecule has 1 aromatic rings. The Kier molecular flexibility index (Phi) is 5.52. The highest BCUT2D eigenvalue weighted by atomic mass is 79.9. The number of para-hydroxylation sites is 2. The Morgan fingerprint density at radius 2 is 1.95 bits per heavy atom. The molecule has 19 heavy (non-hydrogen) atoms. The van der Waals surface area contributed by atoms with Gasteiger partial charge in [0.05, 0.1) is 6.61 Å². The molecule has 0 N–H and O–H groups in total. The first-order valence-electron chi connectivity index (χ1n) is 6.90. The highest BCUT2D eigenvalue weighted by Gasteiger charge is 2.42. The molecule has 106 valence electrons. The Morgan fingerprint density at radius 3 is 2.58 bits per heavy atom. The fraction of sp³-hybridized carbons (Fsp3) is 0.600. The first-order valence-corrected chi connectivity index (χ1v) is 7.82. The van der Waals surface area contributed by atoms with E-state index >= 15 is 0 Å². The van der Waals surface area contributed by atoms with Crippen molar-refractivity contribution < 1.29 is 14.2 Å². The summed E-state index contributed by atoms with van der Waals surface area (Å²) in [4.78, 5) is 0.392. The van der Waals surface area contributed by atoms with Gasteiger partial charge < -0.3 is 14.2 Å². The fourth-order valence-corrected chi connectivity index (χ4v) is 2.95. The molecule has 0 amide bonds. The summed E-state index contributed by atoms with van der Waals surface area (Å²) in [5.41, 5.74) is 0. The van der Waals surface area contributed by atoms with Crippen LogP contribution in [-0.2, 0) is 4.74 Å². The van der Waals surface area contributed by atoms with Gasteiger partial charge in [-0.25, -0.2) is 0 Å². The number of hydrogen-bond acceptors (Lipinski definition) is 3. The Balaban J connectivity index is 1.97. The van der Waals surface area contributed by atoms with E-state index in [1.807, 2.05) is 31.2 Å². The smallest absolute Gasteiger partial charge is 0.161 e. The molecule has 2 rings (SSSR count). The molecule has 1 fully saturated rings. The van der Waals surface area contributed by atoms with Crippen LogP contribution in [0.2, 0.25) is 0 Å². The minimum absolute atomic E-state index is 0.109. The summed E-state index contributed by atoms with van der Waals surface area (Å²) in [6.45, 7) is 5.51. The third-order valence-electron chi connectivity index (χ3n) is 3.12. The van der Waals surface area contributed by atoms with Gasteiger partial charge in [-0.1, -0.05) is 35.0 Å². The van der Waals surface area contributed by atoms with Gasteiger partial charge in [-0.2, -0.15) is 0 Å². The third-order valence-corrected chi connectivity index (χ3v) is 4.02. The number of halogens is 1. The summed E-state index contributed by atoms with van der Waals surface area (Å²) in [6.07, 6.45) is 2.24. The zero-order valence-corrected chi connectivity index (χ0v) is 13.1. The minimum Gasteiger partial charge on any atom is -0.490 e. The highest BCUT2D eigenvalue weighted by Crippen LogP contribution is 2.37. The molecule has 1 saturated carbocycles. The topological polar surface area (TPSA) is 27.7 Å². The predicted octanol–water partition coefficient (Wildman–Crippen LogP) is 3.80. The Labute approximate surface area is 123 Å².